The number of hydrogen-bond donors (Lipinski definition) is 0. The Labute approximate surface area is 133 Å². The third-order valence-corrected chi connectivity index (χ3v) is 4.63. The largest absolute Gasteiger partial charge is 0.322 e. The molecule has 20 heavy (non-hydrogen) atoms. The Kier molecular flexibility index (Phi) is 6.08. The highest BCUT2D eigenvalue weighted by Crippen LogP contribution is 2.22. The molecule has 6 nitrogen and oxygen atoms in total. The molecule has 0 amide bonds. The molecule has 8 heteroatoms. The molecule has 0 radical (unpaired) electrons. The lowest BCUT2D eigenvalue weighted by molar-refractivity contribution is 0.504. The van der Waals surface area contributed by atoms with Crippen LogP contribution in [0.25, 0.3) is 11.4 Å². The molecule has 0 aliphatic carbocycles. The summed E-state index contributed by atoms with van der Waals surface area (Å²) in [4.78, 5) is 4.16. The Morgan fingerprint density at radius 3 is 2.40 bits per heavy atom. The molecule has 110 valence electrons. The fourth-order valence-electron chi connectivity index (χ4n) is 1.30. The number of nitrogens with zero attached hydrogens (tertiary/aromatic N) is 4. The van der Waals surface area contributed by atoms with Gasteiger partial charge in [0.15, 0.2) is 0 Å². The molecule has 0 N–H and O–H groups in total. The van der Waals surface area contributed by atoms with Gasteiger partial charge in [-0.25, -0.2) is 0 Å². The van der Waals surface area contributed by atoms with E-state index in [1.54, 1.807) is 18.3 Å². The van der Waals surface area contributed by atoms with E-state index in [-0.39, 0.29) is 0 Å². The lowest BCUT2D eigenvalue weighted by Gasteiger charge is -2.09. The maximum absolute atomic E-state index is 11.9. The minimum atomic E-state index is -3.58. The van der Waals surface area contributed by atoms with Crippen LogP contribution in [0.3, 0.4) is 0 Å². The van der Waals surface area contributed by atoms with Gasteiger partial charge in [-0.1, -0.05) is 19.9 Å². The first kappa shape index (κ1) is 17.1. The van der Waals surface area contributed by atoms with E-state index in [4.69, 9.17) is 0 Å². The van der Waals surface area contributed by atoms with Crippen LogP contribution in [0.15, 0.2) is 30.6 Å². The van der Waals surface area contributed by atoms with Gasteiger partial charge >= 0.3 is 10.2 Å². The summed E-state index contributed by atoms with van der Waals surface area (Å²) in [5.74, 6) is 0. The summed E-state index contributed by atoms with van der Waals surface area (Å²) in [5.41, 5.74) is 1.20. The summed E-state index contributed by atoms with van der Waals surface area (Å²) in [6, 6.07) is 5.42. The predicted octanol–water partition coefficient (Wildman–Crippen LogP) is 2.23. The van der Waals surface area contributed by atoms with Crippen LogP contribution in [0.5, 0.6) is 0 Å². The van der Waals surface area contributed by atoms with E-state index in [2.05, 4.69) is 10.1 Å². The third kappa shape index (κ3) is 3.55. The Hall–Kier alpha value is -1.00. The average molecular weight is 408 g/mol. The molecule has 2 aromatic heterocycles. The number of hydrogen-bond acceptors (Lipinski definition) is 4. The summed E-state index contributed by atoms with van der Waals surface area (Å²) in [5, 5.41) is 4.09. The molecule has 0 fully saturated rings. The normalized spacial score (nSPS) is 11.1. The molecule has 2 rings (SSSR count). The van der Waals surface area contributed by atoms with Crippen LogP contribution < -0.4 is 0 Å². The highest BCUT2D eigenvalue weighted by molar-refractivity contribution is 14.1. The molecule has 0 spiro atoms. The van der Waals surface area contributed by atoms with Crippen molar-refractivity contribution in [2.24, 2.45) is 0 Å². The van der Waals surface area contributed by atoms with Crippen LogP contribution in [-0.4, -0.2) is 41.0 Å². The van der Waals surface area contributed by atoms with Gasteiger partial charge in [0.2, 0.25) is 0 Å². The van der Waals surface area contributed by atoms with Gasteiger partial charge in [-0.05, 0) is 34.7 Å². The maximum Gasteiger partial charge on any atom is 0.322 e. The van der Waals surface area contributed by atoms with E-state index < -0.39 is 10.2 Å². The minimum absolute atomic E-state index is 0.557. The third-order valence-electron chi connectivity index (χ3n) is 2.25. The van der Waals surface area contributed by atoms with Crippen molar-refractivity contribution < 1.29 is 8.42 Å². The molecule has 0 saturated heterocycles. The second-order valence-electron chi connectivity index (χ2n) is 3.70. The fraction of sp³-hybridized carbons (Fsp3) is 0.333. The van der Waals surface area contributed by atoms with E-state index in [9.17, 15) is 8.42 Å². The van der Waals surface area contributed by atoms with Gasteiger partial charge < -0.3 is 0 Å². The molecule has 0 atom stereocenters. The second kappa shape index (κ2) is 7.14. The molecule has 0 aliphatic rings. The lowest BCUT2D eigenvalue weighted by atomic mass is 10.3. The maximum atomic E-state index is 11.9. The van der Waals surface area contributed by atoms with E-state index >= 15 is 0 Å². The van der Waals surface area contributed by atoms with E-state index in [0.717, 1.165) is 12.0 Å². The van der Waals surface area contributed by atoms with Gasteiger partial charge in [-0.3, -0.25) is 4.98 Å². The zero-order valence-electron chi connectivity index (χ0n) is 11.8. The smallest absolute Gasteiger partial charge is 0.255 e. The molecule has 2 aromatic rings. The van der Waals surface area contributed by atoms with Crippen molar-refractivity contribution in [3.05, 3.63) is 34.2 Å². The van der Waals surface area contributed by atoms with Crippen molar-refractivity contribution in [1.82, 2.24) is 18.5 Å². The van der Waals surface area contributed by atoms with Crippen LogP contribution >= 0.6 is 22.6 Å². The molecular weight excluding hydrogens is 391 g/mol. The molecule has 2 heterocycles. The Bertz CT molecular complexity index is 653. The highest BCUT2D eigenvalue weighted by atomic mass is 127. The van der Waals surface area contributed by atoms with Gasteiger partial charge in [0.25, 0.3) is 0 Å². The summed E-state index contributed by atoms with van der Waals surface area (Å²) in [7, 11) is -0.655. The topological polar surface area (TPSA) is 68.1 Å². The van der Waals surface area contributed by atoms with Gasteiger partial charge in [-0.15, -0.1) is 0 Å². The first-order valence-corrected chi connectivity index (χ1v) is 8.50. The monoisotopic (exact) mass is 408 g/mol. The summed E-state index contributed by atoms with van der Waals surface area (Å²) in [6.45, 7) is 4.00. The highest BCUT2D eigenvalue weighted by Gasteiger charge is 2.20. The predicted molar refractivity (Wildman–Crippen MR) is 87.5 cm³/mol. The number of aromatic nitrogens is 3. The second-order valence-corrected chi connectivity index (χ2v) is 6.87. The van der Waals surface area contributed by atoms with Gasteiger partial charge in [-0.2, -0.15) is 21.9 Å². The first-order chi connectivity index (χ1) is 9.43. The molecule has 0 saturated carbocycles. The molecule has 0 aromatic carbocycles. The summed E-state index contributed by atoms with van der Waals surface area (Å²) in [6.07, 6.45) is 3.12. The van der Waals surface area contributed by atoms with Crippen LogP contribution in [-0.2, 0) is 10.2 Å². The van der Waals surface area contributed by atoms with Crippen LogP contribution in [0.4, 0.5) is 0 Å². The van der Waals surface area contributed by atoms with Crippen molar-refractivity contribution in [2.45, 2.75) is 13.8 Å². The van der Waals surface area contributed by atoms with E-state index in [1.807, 2.05) is 42.5 Å². The first-order valence-electron chi connectivity index (χ1n) is 6.02. The quantitative estimate of drug-likeness (QED) is 0.731. The van der Waals surface area contributed by atoms with Crippen molar-refractivity contribution in [2.75, 3.05) is 14.1 Å². The minimum Gasteiger partial charge on any atom is -0.255 e. The fourth-order valence-corrected chi connectivity index (χ4v) is 2.89. The van der Waals surface area contributed by atoms with Crippen molar-refractivity contribution >= 4 is 32.8 Å². The SMILES string of the molecule is CC.CN(C)S(=O)(=O)n1cc(I)c(-c2ccccn2)n1. The molecule has 0 unspecified atom stereocenters. The average Bonchev–Trinajstić information content (AvgIpc) is 2.84. The summed E-state index contributed by atoms with van der Waals surface area (Å²) < 4.78 is 26.7. The molecule has 0 aliphatic heterocycles. The lowest BCUT2D eigenvalue weighted by Crippen LogP contribution is -2.29. The Morgan fingerprint density at radius 1 is 1.25 bits per heavy atom. The van der Waals surface area contributed by atoms with Crippen molar-refractivity contribution in [3.8, 4) is 11.4 Å². The van der Waals surface area contributed by atoms with Crippen LogP contribution in [0, 0.1) is 3.57 Å². The van der Waals surface area contributed by atoms with Gasteiger partial charge in [0, 0.05) is 20.3 Å². The van der Waals surface area contributed by atoms with E-state index in [0.29, 0.717) is 11.4 Å². The van der Waals surface area contributed by atoms with Gasteiger partial charge in [0.05, 0.1) is 15.5 Å². The number of pyridine rings is 1. The van der Waals surface area contributed by atoms with Gasteiger partial charge in [0.1, 0.15) is 5.69 Å². The Morgan fingerprint density at radius 2 is 1.90 bits per heavy atom. The zero-order valence-corrected chi connectivity index (χ0v) is 14.8. The zero-order chi connectivity index (χ0) is 15.3. The van der Waals surface area contributed by atoms with E-state index in [1.165, 1.54) is 20.3 Å². The standard InChI is InChI=1S/C10H11IN4O2S.C2H6/c1-14(2)18(16,17)15-7-8(11)10(13-15)9-5-3-4-6-12-9;1-2/h3-7H,1-2H3;1-2H3. The van der Waals surface area contributed by atoms with Crippen LogP contribution in [0.1, 0.15) is 13.8 Å². The number of rotatable bonds is 3. The van der Waals surface area contributed by atoms with Crippen LogP contribution in [0.2, 0.25) is 0 Å². The van der Waals surface area contributed by atoms with Crippen molar-refractivity contribution in [3.63, 3.8) is 0 Å². The summed E-state index contributed by atoms with van der Waals surface area (Å²) >= 11 is 2.04. The number of halogens is 1. The molecular formula is C12H17IN4O2S. The molecule has 0 bridgehead atoms. The Balaban J connectivity index is 0.000000956. The van der Waals surface area contributed by atoms with Crippen molar-refractivity contribution in [1.29, 1.82) is 0 Å².